The van der Waals surface area contributed by atoms with E-state index in [1.54, 1.807) is 31.2 Å². The maximum Gasteiger partial charge on any atom is 0.308 e. The molecule has 3 rings (SSSR count). The van der Waals surface area contributed by atoms with Crippen LogP contribution in [-0.4, -0.2) is 35.0 Å². The number of carboxylic acids is 1. The van der Waals surface area contributed by atoms with Crippen molar-refractivity contribution in [3.05, 3.63) is 24.3 Å². The molecule has 0 spiro atoms. The van der Waals surface area contributed by atoms with E-state index in [1.807, 2.05) is 0 Å². The quantitative estimate of drug-likeness (QED) is 0.680. The molecule has 7 heteroatoms. The molecule has 0 saturated heterocycles. The molecule has 2 amide bonds. The summed E-state index contributed by atoms with van der Waals surface area (Å²) in [5.74, 6) is -1.22. The topological polar surface area (TPSA) is 105 Å². The van der Waals surface area contributed by atoms with E-state index in [1.165, 1.54) is 0 Å². The van der Waals surface area contributed by atoms with E-state index in [-0.39, 0.29) is 24.3 Å². The second kappa shape index (κ2) is 7.98. The first-order valence-electron chi connectivity index (χ1n) is 9.45. The number of rotatable bonds is 7. The van der Waals surface area contributed by atoms with E-state index in [0.717, 1.165) is 25.7 Å². The fourth-order valence-corrected chi connectivity index (χ4v) is 3.64. The number of carbonyl (C=O) groups excluding carboxylic acids is 2. The van der Waals surface area contributed by atoms with Crippen molar-refractivity contribution in [1.82, 2.24) is 5.32 Å². The lowest BCUT2D eigenvalue weighted by molar-refractivity contribution is -0.147. The van der Waals surface area contributed by atoms with Gasteiger partial charge in [0.25, 0.3) is 5.91 Å². The van der Waals surface area contributed by atoms with Crippen LogP contribution in [0.5, 0.6) is 5.75 Å². The molecule has 1 aromatic rings. The molecule has 2 atom stereocenters. The summed E-state index contributed by atoms with van der Waals surface area (Å²) in [4.78, 5) is 35.6. The van der Waals surface area contributed by atoms with Crippen molar-refractivity contribution < 1.29 is 24.2 Å². The van der Waals surface area contributed by atoms with E-state index in [2.05, 4.69) is 10.6 Å². The standard InChI is InChI=1S/C20H26N2O5/c1-20(10-3-2-7-16(20)19(25)26)22-17(23)12-27-15-6-4-5-14(11-15)21-18(24)13-8-9-13/h4-6,11,13,16H,2-3,7-10,12H2,1H3,(H,21,24)(H,22,23)(H,25,26). The minimum Gasteiger partial charge on any atom is -0.484 e. The second-order valence-corrected chi connectivity index (χ2v) is 7.68. The molecule has 3 N–H and O–H groups in total. The Kier molecular flexibility index (Phi) is 5.68. The summed E-state index contributed by atoms with van der Waals surface area (Å²) in [6.45, 7) is 1.58. The third-order valence-electron chi connectivity index (χ3n) is 5.35. The van der Waals surface area contributed by atoms with E-state index < -0.39 is 17.4 Å². The van der Waals surface area contributed by atoms with Crippen LogP contribution in [0.25, 0.3) is 0 Å². The molecule has 0 heterocycles. The molecule has 2 saturated carbocycles. The predicted octanol–water partition coefficient (Wildman–Crippen LogP) is 2.56. The van der Waals surface area contributed by atoms with Crippen molar-refractivity contribution in [1.29, 1.82) is 0 Å². The van der Waals surface area contributed by atoms with Crippen LogP contribution < -0.4 is 15.4 Å². The van der Waals surface area contributed by atoms with Gasteiger partial charge in [0, 0.05) is 17.7 Å². The van der Waals surface area contributed by atoms with Crippen LogP contribution >= 0.6 is 0 Å². The Labute approximate surface area is 158 Å². The van der Waals surface area contributed by atoms with Gasteiger partial charge in [-0.1, -0.05) is 18.9 Å². The number of nitrogens with one attached hydrogen (secondary N) is 2. The van der Waals surface area contributed by atoms with Gasteiger partial charge in [-0.15, -0.1) is 0 Å². The summed E-state index contributed by atoms with van der Waals surface area (Å²) in [7, 11) is 0. The van der Waals surface area contributed by atoms with E-state index in [4.69, 9.17) is 4.74 Å². The highest BCUT2D eigenvalue weighted by Crippen LogP contribution is 2.34. The van der Waals surface area contributed by atoms with Gasteiger partial charge in [0.2, 0.25) is 5.91 Å². The predicted molar refractivity (Wildman–Crippen MR) is 99.4 cm³/mol. The van der Waals surface area contributed by atoms with Crippen LogP contribution in [0.3, 0.4) is 0 Å². The summed E-state index contributed by atoms with van der Waals surface area (Å²) in [6, 6.07) is 6.91. The number of carbonyl (C=O) groups is 3. The highest BCUT2D eigenvalue weighted by atomic mass is 16.5. The first-order valence-corrected chi connectivity index (χ1v) is 9.45. The number of aliphatic carboxylic acids is 1. The van der Waals surface area contributed by atoms with Gasteiger partial charge in [-0.3, -0.25) is 14.4 Å². The minimum atomic E-state index is -0.877. The van der Waals surface area contributed by atoms with E-state index in [0.29, 0.717) is 24.3 Å². The molecule has 27 heavy (non-hydrogen) atoms. The fourth-order valence-electron chi connectivity index (χ4n) is 3.64. The third-order valence-corrected chi connectivity index (χ3v) is 5.35. The largest absolute Gasteiger partial charge is 0.484 e. The molecule has 2 fully saturated rings. The highest BCUT2D eigenvalue weighted by Gasteiger charge is 2.42. The summed E-state index contributed by atoms with van der Waals surface area (Å²) >= 11 is 0. The first-order chi connectivity index (χ1) is 12.9. The van der Waals surface area contributed by atoms with Crippen molar-refractivity contribution in [3.63, 3.8) is 0 Å². The molecule has 0 aromatic heterocycles. The lowest BCUT2D eigenvalue weighted by Gasteiger charge is -2.39. The Morgan fingerprint density at radius 3 is 2.70 bits per heavy atom. The van der Waals surface area contributed by atoms with Gasteiger partial charge in [-0.2, -0.15) is 0 Å². The molecule has 2 aliphatic carbocycles. The average Bonchev–Trinajstić information content (AvgIpc) is 3.45. The molecule has 7 nitrogen and oxygen atoms in total. The normalized spacial score (nSPS) is 24.7. The molecule has 2 unspecified atom stereocenters. The van der Waals surface area contributed by atoms with Gasteiger partial charge in [0.15, 0.2) is 6.61 Å². The monoisotopic (exact) mass is 374 g/mol. The van der Waals surface area contributed by atoms with Crippen molar-refractivity contribution in [3.8, 4) is 5.75 Å². The molecule has 0 radical (unpaired) electrons. The van der Waals surface area contributed by atoms with Gasteiger partial charge in [-0.05, 0) is 44.7 Å². The Hall–Kier alpha value is -2.57. The Bertz CT molecular complexity index is 731. The maximum atomic E-state index is 12.3. The first kappa shape index (κ1) is 19.2. The molecular weight excluding hydrogens is 348 g/mol. The van der Waals surface area contributed by atoms with Crippen LogP contribution in [0.15, 0.2) is 24.3 Å². The lowest BCUT2D eigenvalue weighted by Crippen LogP contribution is -2.56. The summed E-state index contributed by atoms with van der Waals surface area (Å²) in [5, 5.41) is 15.1. The zero-order chi connectivity index (χ0) is 19.4. The number of anilines is 1. The second-order valence-electron chi connectivity index (χ2n) is 7.68. The van der Waals surface area contributed by atoms with Gasteiger partial charge < -0.3 is 20.5 Å². The smallest absolute Gasteiger partial charge is 0.308 e. The molecular formula is C20H26N2O5. The Morgan fingerprint density at radius 1 is 1.22 bits per heavy atom. The van der Waals surface area contributed by atoms with Crippen molar-refractivity contribution >= 4 is 23.5 Å². The number of amides is 2. The fraction of sp³-hybridized carbons (Fsp3) is 0.550. The SMILES string of the molecule is CC1(NC(=O)COc2cccc(NC(=O)C3CC3)c2)CCCCC1C(=O)O. The molecule has 0 aliphatic heterocycles. The number of ether oxygens (including phenoxy) is 1. The summed E-state index contributed by atoms with van der Waals surface area (Å²) < 4.78 is 5.54. The summed E-state index contributed by atoms with van der Waals surface area (Å²) in [5.41, 5.74) is -0.125. The zero-order valence-electron chi connectivity index (χ0n) is 15.5. The third kappa shape index (κ3) is 4.99. The van der Waals surface area contributed by atoms with Crippen LogP contribution in [0.4, 0.5) is 5.69 Å². The van der Waals surface area contributed by atoms with Gasteiger partial charge in [0.1, 0.15) is 5.75 Å². The molecule has 146 valence electrons. The number of hydrogen-bond donors (Lipinski definition) is 3. The Morgan fingerprint density at radius 2 is 2.00 bits per heavy atom. The van der Waals surface area contributed by atoms with Crippen molar-refractivity contribution in [2.75, 3.05) is 11.9 Å². The van der Waals surface area contributed by atoms with Crippen LogP contribution in [-0.2, 0) is 14.4 Å². The van der Waals surface area contributed by atoms with Crippen LogP contribution in [0.1, 0.15) is 45.4 Å². The van der Waals surface area contributed by atoms with Crippen LogP contribution in [0.2, 0.25) is 0 Å². The zero-order valence-corrected chi connectivity index (χ0v) is 15.5. The van der Waals surface area contributed by atoms with Gasteiger partial charge in [-0.25, -0.2) is 0 Å². The van der Waals surface area contributed by atoms with Gasteiger partial charge >= 0.3 is 5.97 Å². The molecule has 1 aromatic carbocycles. The highest BCUT2D eigenvalue weighted by molar-refractivity contribution is 5.94. The number of benzene rings is 1. The molecule has 0 bridgehead atoms. The maximum absolute atomic E-state index is 12.3. The van der Waals surface area contributed by atoms with Crippen molar-refractivity contribution in [2.45, 2.75) is 51.0 Å². The van der Waals surface area contributed by atoms with Crippen molar-refractivity contribution in [2.24, 2.45) is 11.8 Å². The van der Waals surface area contributed by atoms with E-state index in [9.17, 15) is 19.5 Å². The van der Waals surface area contributed by atoms with E-state index >= 15 is 0 Å². The summed E-state index contributed by atoms with van der Waals surface area (Å²) in [6.07, 6.45) is 4.81. The number of carboxylic acid groups (broad SMARTS) is 1. The lowest BCUT2D eigenvalue weighted by atomic mass is 9.74. The molecule has 2 aliphatic rings. The van der Waals surface area contributed by atoms with Gasteiger partial charge in [0.05, 0.1) is 11.5 Å². The van der Waals surface area contributed by atoms with Crippen LogP contribution in [0, 0.1) is 11.8 Å². The minimum absolute atomic E-state index is 0.00910. The average molecular weight is 374 g/mol. The number of hydrogen-bond acceptors (Lipinski definition) is 4. The Balaban J connectivity index is 1.54.